The first-order valence-electron chi connectivity index (χ1n) is 9.04. The fourth-order valence-electron chi connectivity index (χ4n) is 3.18. The van der Waals surface area contributed by atoms with E-state index >= 15 is 0 Å². The van der Waals surface area contributed by atoms with E-state index in [4.69, 9.17) is 4.74 Å². The zero-order chi connectivity index (χ0) is 23.0. The Morgan fingerprint density at radius 3 is 1.79 bits per heavy atom. The van der Waals surface area contributed by atoms with Gasteiger partial charge in [-0.2, -0.15) is 5.21 Å². The Balaban J connectivity index is 3.67. The van der Waals surface area contributed by atoms with Gasteiger partial charge in [-0.05, 0) is 30.8 Å². The van der Waals surface area contributed by atoms with Crippen molar-refractivity contribution in [3.8, 4) is 0 Å². The first kappa shape index (κ1) is 24.5. The van der Waals surface area contributed by atoms with Crippen molar-refractivity contribution in [1.29, 1.82) is 0 Å². The molecular formula is C18H29N2O9+. The van der Waals surface area contributed by atoms with Crippen LogP contribution in [0.2, 0.25) is 0 Å². The summed E-state index contributed by atoms with van der Waals surface area (Å²) >= 11 is 0. The lowest BCUT2D eigenvalue weighted by Gasteiger charge is -2.41. The Bertz CT molecular complexity index is 717. The molecule has 0 spiro atoms. The Morgan fingerprint density at radius 1 is 1.03 bits per heavy atom. The van der Waals surface area contributed by atoms with Crippen molar-refractivity contribution in [3.63, 3.8) is 0 Å². The second-order valence-corrected chi connectivity index (χ2v) is 9.18. The topological polar surface area (TPSA) is 167 Å². The summed E-state index contributed by atoms with van der Waals surface area (Å²) in [6.07, 6.45) is -3.16. The number of carboxylic acids is 2. The third-order valence-electron chi connectivity index (χ3n) is 4.73. The molecule has 0 saturated carbocycles. The fraction of sp³-hybridized carbons (Fsp3) is 0.722. The first-order chi connectivity index (χ1) is 12.9. The Hall–Kier alpha value is -2.53. The Labute approximate surface area is 168 Å². The molecule has 0 aromatic heterocycles. The standard InChI is InChI=1S/C18H28N2O9/c1-16(2,3)10(13(23)24)9-18(14(25)26,19-15(27)29-17(4,5)6)20(28)11(21)7-8-12(20)22/h10,28H,7-9H2,1-6H3,(H2-,19,23,24,25,26,27)/p+1/t10?,18-/m1/s1. The zero-order valence-electron chi connectivity index (χ0n) is 17.4. The third kappa shape index (κ3) is 4.73. The highest BCUT2D eigenvalue weighted by molar-refractivity contribution is 5.96. The molecule has 11 heteroatoms. The van der Waals surface area contributed by atoms with Gasteiger partial charge in [-0.3, -0.25) is 10.1 Å². The molecule has 4 N–H and O–H groups in total. The number of nitrogens with zero attached hydrogens (tertiary/aromatic N) is 1. The van der Waals surface area contributed by atoms with Gasteiger partial charge in [-0.15, -0.1) is 0 Å². The van der Waals surface area contributed by atoms with Crippen LogP contribution >= 0.6 is 0 Å². The molecule has 0 bridgehead atoms. The smallest absolute Gasteiger partial charge is 0.413 e. The van der Waals surface area contributed by atoms with Gasteiger partial charge in [0.25, 0.3) is 0 Å². The number of aliphatic carboxylic acids is 2. The minimum atomic E-state index is -2.98. The van der Waals surface area contributed by atoms with Crippen LogP contribution in [0.5, 0.6) is 0 Å². The summed E-state index contributed by atoms with van der Waals surface area (Å²) in [5, 5.41) is 32.5. The number of imide groups is 1. The van der Waals surface area contributed by atoms with Crippen LogP contribution in [0, 0.1) is 11.3 Å². The lowest BCUT2D eigenvalue weighted by atomic mass is 9.75. The predicted molar refractivity (Wildman–Crippen MR) is 96.2 cm³/mol. The van der Waals surface area contributed by atoms with Crippen LogP contribution in [0.3, 0.4) is 0 Å². The molecule has 1 rings (SSSR count). The molecule has 164 valence electrons. The van der Waals surface area contributed by atoms with E-state index in [9.17, 15) is 39.4 Å². The van der Waals surface area contributed by atoms with Crippen LogP contribution in [0.1, 0.15) is 60.8 Å². The van der Waals surface area contributed by atoms with Gasteiger partial charge in [0.2, 0.25) is 0 Å². The molecule has 1 unspecified atom stereocenters. The van der Waals surface area contributed by atoms with E-state index in [2.05, 4.69) is 0 Å². The number of rotatable bonds is 6. The third-order valence-corrected chi connectivity index (χ3v) is 4.73. The van der Waals surface area contributed by atoms with Crippen LogP contribution in [0.15, 0.2) is 0 Å². The van der Waals surface area contributed by atoms with Gasteiger partial charge in [-0.1, -0.05) is 20.8 Å². The summed E-state index contributed by atoms with van der Waals surface area (Å²) in [5.41, 5.74) is -5.08. The van der Waals surface area contributed by atoms with Crippen LogP contribution in [-0.2, 0) is 23.9 Å². The number of quaternary nitrogens is 1. The second-order valence-electron chi connectivity index (χ2n) is 9.18. The van der Waals surface area contributed by atoms with Crippen LogP contribution in [0.4, 0.5) is 4.79 Å². The summed E-state index contributed by atoms with van der Waals surface area (Å²) < 4.78 is 2.78. The van der Waals surface area contributed by atoms with Crippen molar-refractivity contribution in [2.24, 2.45) is 11.3 Å². The van der Waals surface area contributed by atoms with Gasteiger partial charge in [0.05, 0.1) is 25.2 Å². The highest BCUT2D eigenvalue weighted by Crippen LogP contribution is 2.40. The number of ether oxygens (including phenoxy) is 1. The number of carbonyl (C=O) groups is 5. The highest BCUT2D eigenvalue weighted by atomic mass is 16.6. The summed E-state index contributed by atoms with van der Waals surface area (Å²) in [6.45, 7) is 9.04. The second kappa shape index (κ2) is 7.71. The van der Waals surface area contributed by atoms with Crippen molar-refractivity contribution in [3.05, 3.63) is 0 Å². The molecule has 0 aliphatic carbocycles. The molecule has 3 amide bonds. The fourth-order valence-corrected chi connectivity index (χ4v) is 3.18. The molecule has 0 radical (unpaired) electrons. The van der Waals surface area contributed by atoms with Gasteiger partial charge in [0, 0.05) is 0 Å². The minimum Gasteiger partial charge on any atom is -0.481 e. The number of hydrogen-bond donors (Lipinski definition) is 4. The van der Waals surface area contributed by atoms with Crippen molar-refractivity contribution < 1.29 is 48.8 Å². The van der Waals surface area contributed by atoms with Crippen LogP contribution in [-0.4, -0.2) is 61.2 Å². The lowest BCUT2D eigenvalue weighted by molar-refractivity contribution is -1.01. The van der Waals surface area contributed by atoms with Gasteiger partial charge in [-0.25, -0.2) is 19.2 Å². The minimum absolute atomic E-state index is 0.451. The summed E-state index contributed by atoms with van der Waals surface area (Å²) in [5.74, 6) is -7.13. The van der Waals surface area contributed by atoms with Crippen molar-refractivity contribution >= 4 is 29.8 Å². The van der Waals surface area contributed by atoms with E-state index in [0.29, 0.717) is 0 Å². The van der Waals surface area contributed by atoms with E-state index in [1.165, 1.54) is 41.5 Å². The molecule has 1 aliphatic rings. The van der Waals surface area contributed by atoms with Crippen molar-refractivity contribution in [1.82, 2.24) is 5.32 Å². The molecule has 0 aromatic carbocycles. The van der Waals surface area contributed by atoms with E-state index in [1.807, 2.05) is 5.32 Å². The normalized spacial score (nSPS) is 20.0. The quantitative estimate of drug-likeness (QED) is 0.284. The van der Waals surface area contributed by atoms with Gasteiger partial charge >= 0.3 is 35.5 Å². The number of likely N-dealkylation sites (tertiary alicyclic amines) is 1. The molecule has 1 fully saturated rings. The van der Waals surface area contributed by atoms with E-state index in [-0.39, 0.29) is 0 Å². The first-order valence-corrected chi connectivity index (χ1v) is 9.04. The summed E-state index contributed by atoms with van der Waals surface area (Å²) in [4.78, 5) is 61.4. The molecule has 11 nitrogen and oxygen atoms in total. The van der Waals surface area contributed by atoms with Crippen LogP contribution < -0.4 is 5.32 Å². The number of hydroxylamine groups is 3. The number of nitrogens with one attached hydrogen (secondary N) is 1. The zero-order valence-corrected chi connectivity index (χ0v) is 17.4. The van der Waals surface area contributed by atoms with Gasteiger partial charge in [0.1, 0.15) is 5.60 Å². The number of carbonyl (C=O) groups excluding carboxylic acids is 3. The average molecular weight is 417 g/mol. The van der Waals surface area contributed by atoms with Gasteiger partial charge < -0.3 is 14.9 Å². The Kier molecular flexibility index (Phi) is 6.52. The maximum atomic E-state index is 12.4. The highest BCUT2D eigenvalue weighted by Gasteiger charge is 2.71. The number of amides is 3. The van der Waals surface area contributed by atoms with Gasteiger partial charge in [0.15, 0.2) is 0 Å². The maximum Gasteiger partial charge on any atom is 0.413 e. The molecule has 0 aromatic rings. The van der Waals surface area contributed by atoms with E-state index in [1.54, 1.807) is 0 Å². The number of carboxylic acid groups (broad SMARTS) is 2. The number of hydrogen-bond acceptors (Lipinski definition) is 7. The van der Waals surface area contributed by atoms with Crippen molar-refractivity contribution in [2.45, 2.75) is 72.1 Å². The Morgan fingerprint density at radius 2 is 1.48 bits per heavy atom. The average Bonchev–Trinajstić information content (AvgIpc) is 2.76. The number of alkyl carbamates (subject to hydrolysis) is 1. The van der Waals surface area contributed by atoms with Crippen LogP contribution in [0.25, 0.3) is 0 Å². The van der Waals surface area contributed by atoms with E-state index in [0.717, 1.165) is 0 Å². The summed E-state index contributed by atoms with van der Waals surface area (Å²) in [6, 6.07) is 0. The monoisotopic (exact) mass is 417 g/mol. The SMILES string of the molecule is CC(C)(C)OC(=O)N[C@@](CC(C(=O)O)C(C)(C)C)(C(=O)O)[N+]1(O)C(=O)CCC1=O. The van der Waals surface area contributed by atoms with E-state index < -0.39 is 76.4 Å². The molecule has 1 aliphatic heterocycles. The largest absolute Gasteiger partial charge is 0.481 e. The summed E-state index contributed by atoms with van der Waals surface area (Å²) in [7, 11) is 0. The molecule has 29 heavy (non-hydrogen) atoms. The molecule has 2 atom stereocenters. The molecule has 1 heterocycles. The predicted octanol–water partition coefficient (Wildman–Crippen LogP) is 1.48. The maximum absolute atomic E-state index is 12.4. The molecular weight excluding hydrogens is 388 g/mol. The van der Waals surface area contributed by atoms with Crippen molar-refractivity contribution in [2.75, 3.05) is 0 Å². The molecule has 1 saturated heterocycles. The lowest BCUT2D eigenvalue weighted by Crippen LogP contribution is -2.77.